The first-order chi connectivity index (χ1) is 17.1. The molecule has 0 atom stereocenters. The van der Waals surface area contributed by atoms with Crippen molar-refractivity contribution >= 4 is 19.2 Å². The molecule has 0 N–H and O–H groups in total. The number of tetrazole rings is 1. The van der Waals surface area contributed by atoms with Crippen molar-refractivity contribution in [3.05, 3.63) is 65.6 Å². The zero-order chi connectivity index (χ0) is 26.2. The van der Waals surface area contributed by atoms with Crippen LogP contribution in [-0.4, -0.2) is 33.1 Å². The van der Waals surface area contributed by atoms with Gasteiger partial charge in [-0.25, -0.2) is 0 Å². The van der Waals surface area contributed by atoms with Crippen molar-refractivity contribution in [3.63, 3.8) is 0 Å². The predicted octanol–water partition coefficient (Wildman–Crippen LogP) is 7.45. The minimum absolute atomic E-state index is 0.378. The first-order valence-electron chi connectivity index (χ1n) is 13.1. The van der Waals surface area contributed by atoms with Crippen molar-refractivity contribution in [2.24, 2.45) is 0 Å². The highest BCUT2D eigenvalue weighted by Crippen LogP contribution is 2.44. The molecular weight excluding hydrogens is 462 g/mol. The predicted molar refractivity (Wildman–Crippen MR) is 150 cm³/mol. The molecule has 0 aliphatic rings. The highest BCUT2D eigenvalue weighted by Gasteiger charge is 2.47. The van der Waals surface area contributed by atoms with Crippen LogP contribution in [0.25, 0.3) is 16.6 Å². The minimum atomic E-state index is -2.03. The van der Waals surface area contributed by atoms with E-state index in [0.717, 1.165) is 23.4 Å². The van der Waals surface area contributed by atoms with Crippen LogP contribution < -0.4 is 4.43 Å². The third-order valence-corrected chi connectivity index (χ3v) is 13.7. The van der Waals surface area contributed by atoms with Gasteiger partial charge in [-0.1, -0.05) is 73.6 Å². The lowest BCUT2D eigenvalue weighted by molar-refractivity contribution is 0.472. The minimum Gasteiger partial charge on any atom is -0.542 e. The van der Waals surface area contributed by atoms with Crippen LogP contribution in [0.3, 0.4) is 0 Å². The standard InChI is InChI=1S/C29H40N5OSi/c1-19(2)26-16-24(11-13-28(26)35-36(20(3)4,21(5)6)22(7)8)17-33-15-14-25-27(34-18-30-31-32-34)12-10-23(9)29(25)33/h10-16,19-22H,17H2,1-9H3. The first kappa shape index (κ1) is 26.1. The summed E-state index contributed by atoms with van der Waals surface area (Å²) < 4.78 is 11.0. The van der Waals surface area contributed by atoms with Gasteiger partial charge in [0, 0.05) is 18.1 Å². The van der Waals surface area contributed by atoms with E-state index in [4.69, 9.17) is 4.43 Å². The average Bonchev–Trinajstić information content (AvgIpc) is 3.49. The Kier molecular flexibility index (Phi) is 7.41. The molecule has 2 aromatic heterocycles. The fourth-order valence-electron chi connectivity index (χ4n) is 6.03. The molecule has 2 heterocycles. The fourth-order valence-corrected chi connectivity index (χ4v) is 11.3. The van der Waals surface area contributed by atoms with Gasteiger partial charge in [0.25, 0.3) is 8.32 Å². The van der Waals surface area contributed by atoms with Gasteiger partial charge in [0.05, 0.1) is 11.2 Å². The number of fused-ring (bicyclic) bond motifs is 1. The molecule has 0 saturated heterocycles. The highest BCUT2D eigenvalue weighted by atomic mass is 28.4. The molecule has 4 rings (SSSR count). The van der Waals surface area contributed by atoms with E-state index in [9.17, 15) is 0 Å². The van der Waals surface area contributed by atoms with Gasteiger partial charge in [-0.05, 0) is 74.8 Å². The Morgan fingerprint density at radius 2 is 1.61 bits per heavy atom. The summed E-state index contributed by atoms with van der Waals surface area (Å²) in [5.41, 5.74) is 7.53. The van der Waals surface area contributed by atoms with Gasteiger partial charge in [0.15, 0.2) is 0 Å². The van der Waals surface area contributed by atoms with Gasteiger partial charge in [-0.3, -0.25) is 0 Å². The summed E-state index contributed by atoms with van der Waals surface area (Å²) >= 11 is 0. The van der Waals surface area contributed by atoms with Crippen LogP contribution in [-0.2, 0) is 6.54 Å². The normalized spacial score (nSPS) is 12.6. The van der Waals surface area contributed by atoms with Crippen LogP contribution in [0, 0.1) is 13.3 Å². The Bertz CT molecular complexity index is 1300. The summed E-state index contributed by atoms with van der Waals surface area (Å²) in [6, 6.07) is 13.1. The van der Waals surface area contributed by atoms with Crippen LogP contribution in [0.5, 0.6) is 5.75 Å². The quantitative estimate of drug-likeness (QED) is 0.223. The Morgan fingerprint density at radius 1 is 0.917 bits per heavy atom. The molecule has 191 valence electrons. The van der Waals surface area contributed by atoms with E-state index in [2.05, 4.69) is 125 Å². The summed E-state index contributed by atoms with van der Waals surface area (Å²) in [7, 11) is -2.03. The molecule has 6 nitrogen and oxygen atoms in total. The summed E-state index contributed by atoms with van der Waals surface area (Å²) in [6.07, 6.45) is 4.97. The SMILES string of the molecule is Cc1ccc(-n2[c]nnn2)c2ccn(Cc3ccc(O[Si](C(C)C)(C(C)C)C(C)C)c(C(C)C)c3)c12. The maximum atomic E-state index is 7.12. The van der Waals surface area contributed by atoms with E-state index in [0.29, 0.717) is 22.5 Å². The summed E-state index contributed by atoms with van der Waals surface area (Å²) in [6.45, 7) is 21.5. The topological polar surface area (TPSA) is 57.8 Å². The first-order valence-corrected chi connectivity index (χ1v) is 15.3. The number of hydrogen-bond acceptors (Lipinski definition) is 4. The van der Waals surface area contributed by atoms with E-state index in [1.807, 2.05) is 6.07 Å². The Morgan fingerprint density at radius 3 is 2.19 bits per heavy atom. The number of nitrogens with zero attached hydrogens (tertiary/aromatic N) is 5. The molecule has 0 unspecified atom stereocenters. The number of aryl methyl sites for hydroxylation is 1. The van der Waals surface area contributed by atoms with Crippen LogP contribution >= 0.6 is 0 Å². The van der Waals surface area contributed by atoms with E-state index < -0.39 is 8.32 Å². The second kappa shape index (κ2) is 10.2. The Hall–Kier alpha value is -2.93. The largest absolute Gasteiger partial charge is 0.542 e. The molecule has 4 aromatic rings. The number of hydrogen-bond donors (Lipinski definition) is 0. The Labute approximate surface area is 216 Å². The number of aromatic nitrogens is 5. The fraction of sp³-hybridized carbons (Fsp3) is 0.483. The third kappa shape index (κ3) is 4.61. The van der Waals surface area contributed by atoms with Crippen molar-refractivity contribution in [2.45, 2.75) is 91.4 Å². The zero-order valence-corrected chi connectivity index (χ0v) is 24.2. The second-order valence-electron chi connectivity index (χ2n) is 11.2. The molecule has 0 amide bonds. The molecule has 7 heteroatoms. The van der Waals surface area contributed by atoms with Crippen molar-refractivity contribution in [2.75, 3.05) is 0 Å². The van der Waals surface area contributed by atoms with Gasteiger partial charge < -0.3 is 8.99 Å². The monoisotopic (exact) mass is 502 g/mol. The molecule has 1 radical (unpaired) electrons. The number of benzene rings is 2. The van der Waals surface area contributed by atoms with Crippen LogP contribution in [0.2, 0.25) is 16.6 Å². The van der Waals surface area contributed by atoms with E-state index in [1.165, 1.54) is 22.2 Å². The van der Waals surface area contributed by atoms with Crippen molar-refractivity contribution < 1.29 is 4.43 Å². The van der Waals surface area contributed by atoms with Crippen LogP contribution in [0.1, 0.15) is 78.0 Å². The van der Waals surface area contributed by atoms with Crippen molar-refractivity contribution in [3.8, 4) is 11.4 Å². The molecule has 36 heavy (non-hydrogen) atoms. The number of rotatable bonds is 9. The molecule has 0 bridgehead atoms. The van der Waals surface area contributed by atoms with Crippen molar-refractivity contribution in [1.82, 2.24) is 24.8 Å². The zero-order valence-electron chi connectivity index (χ0n) is 23.2. The van der Waals surface area contributed by atoms with Gasteiger partial charge in [-0.2, -0.15) is 4.68 Å². The van der Waals surface area contributed by atoms with E-state index >= 15 is 0 Å². The molecule has 0 spiro atoms. The molecule has 0 aliphatic carbocycles. The van der Waals surface area contributed by atoms with Gasteiger partial charge in [0.1, 0.15) is 5.75 Å². The van der Waals surface area contributed by atoms with E-state index in [-0.39, 0.29) is 0 Å². The lowest BCUT2D eigenvalue weighted by atomic mass is 9.99. The highest BCUT2D eigenvalue weighted by molar-refractivity contribution is 6.78. The smallest absolute Gasteiger partial charge is 0.258 e. The molecule has 0 fully saturated rings. The van der Waals surface area contributed by atoms with Crippen molar-refractivity contribution in [1.29, 1.82) is 0 Å². The maximum absolute atomic E-state index is 7.12. The second-order valence-corrected chi connectivity index (χ2v) is 16.6. The average molecular weight is 503 g/mol. The third-order valence-electron chi connectivity index (χ3n) is 7.69. The maximum Gasteiger partial charge on any atom is 0.258 e. The van der Waals surface area contributed by atoms with Crippen LogP contribution in [0.15, 0.2) is 42.6 Å². The lowest BCUT2D eigenvalue weighted by Crippen LogP contribution is -2.50. The molecule has 0 aliphatic heterocycles. The van der Waals surface area contributed by atoms with Gasteiger partial charge in [0.2, 0.25) is 6.33 Å². The lowest BCUT2D eigenvalue weighted by Gasteiger charge is -2.43. The Balaban J connectivity index is 1.72. The summed E-state index contributed by atoms with van der Waals surface area (Å²) in [5, 5.41) is 12.6. The summed E-state index contributed by atoms with van der Waals surface area (Å²) in [4.78, 5) is 0. The molecular formula is C29H40N5OSi. The van der Waals surface area contributed by atoms with Gasteiger partial charge >= 0.3 is 0 Å². The van der Waals surface area contributed by atoms with Crippen LogP contribution in [0.4, 0.5) is 0 Å². The van der Waals surface area contributed by atoms with E-state index in [1.54, 1.807) is 4.68 Å². The van der Waals surface area contributed by atoms with Gasteiger partial charge in [-0.15, -0.1) is 5.10 Å². The molecule has 2 aromatic carbocycles. The summed E-state index contributed by atoms with van der Waals surface area (Å²) in [5.74, 6) is 1.45. The molecule has 0 saturated carbocycles.